The van der Waals surface area contributed by atoms with Crippen LogP contribution in [0.25, 0.3) is 16.7 Å². The van der Waals surface area contributed by atoms with Crippen LogP contribution in [-0.4, -0.2) is 29.5 Å². The zero-order chi connectivity index (χ0) is 15.6. The molecule has 3 heterocycles. The van der Waals surface area contributed by atoms with Gasteiger partial charge in [0.15, 0.2) is 5.65 Å². The summed E-state index contributed by atoms with van der Waals surface area (Å²) in [5.41, 5.74) is 2.78. The van der Waals surface area contributed by atoms with Gasteiger partial charge < -0.3 is 5.32 Å². The summed E-state index contributed by atoms with van der Waals surface area (Å²) in [5.74, 6) is 0.761. The maximum Gasteiger partial charge on any atom is 0.163 e. The van der Waals surface area contributed by atoms with Gasteiger partial charge in [0.25, 0.3) is 0 Å². The Kier molecular flexibility index (Phi) is 3.23. The van der Waals surface area contributed by atoms with Gasteiger partial charge >= 0.3 is 0 Å². The van der Waals surface area contributed by atoms with E-state index in [9.17, 15) is 0 Å². The van der Waals surface area contributed by atoms with E-state index in [1.165, 1.54) is 6.33 Å². The number of nitrogens with one attached hydrogen (secondary N) is 1. The Morgan fingerprint density at radius 2 is 1.96 bits per heavy atom. The van der Waals surface area contributed by atoms with Crippen LogP contribution in [0.2, 0.25) is 0 Å². The maximum absolute atomic E-state index is 4.57. The second-order valence-corrected chi connectivity index (χ2v) is 5.17. The second-order valence-electron chi connectivity index (χ2n) is 5.17. The van der Waals surface area contributed by atoms with E-state index in [0.717, 1.165) is 28.2 Å². The highest BCUT2D eigenvalue weighted by Crippen LogP contribution is 2.18. The zero-order valence-electron chi connectivity index (χ0n) is 12.6. The molecular formula is C16H15N7. The number of fused-ring (bicyclic) bond motifs is 1. The third-order valence-electron chi connectivity index (χ3n) is 3.63. The van der Waals surface area contributed by atoms with Crippen LogP contribution in [-0.2, 0) is 13.6 Å². The lowest BCUT2D eigenvalue weighted by molar-refractivity contribution is 0.785. The van der Waals surface area contributed by atoms with Crippen molar-refractivity contribution in [3.8, 4) is 5.69 Å². The maximum atomic E-state index is 4.57. The summed E-state index contributed by atoms with van der Waals surface area (Å²) >= 11 is 0. The molecule has 23 heavy (non-hydrogen) atoms. The monoisotopic (exact) mass is 305 g/mol. The molecule has 0 saturated heterocycles. The summed E-state index contributed by atoms with van der Waals surface area (Å²) in [7, 11) is 1.86. The lowest BCUT2D eigenvalue weighted by Gasteiger charge is -2.04. The van der Waals surface area contributed by atoms with Crippen LogP contribution in [0.4, 0.5) is 5.82 Å². The number of hydrogen-bond donors (Lipinski definition) is 1. The van der Waals surface area contributed by atoms with Crippen molar-refractivity contribution in [2.75, 3.05) is 5.32 Å². The van der Waals surface area contributed by atoms with Gasteiger partial charge in [-0.2, -0.15) is 10.2 Å². The van der Waals surface area contributed by atoms with E-state index in [4.69, 9.17) is 0 Å². The fourth-order valence-electron chi connectivity index (χ4n) is 2.46. The molecule has 114 valence electrons. The van der Waals surface area contributed by atoms with Gasteiger partial charge in [-0.25, -0.2) is 14.6 Å². The highest BCUT2D eigenvalue weighted by molar-refractivity contribution is 5.85. The Balaban J connectivity index is 1.54. The largest absolute Gasteiger partial charge is 0.364 e. The molecule has 0 radical (unpaired) electrons. The topological polar surface area (TPSA) is 73.5 Å². The number of hydrogen-bond acceptors (Lipinski definition) is 5. The molecular weight excluding hydrogens is 290 g/mol. The fourth-order valence-corrected chi connectivity index (χ4v) is 2.46. The second kappa shape index (κ2) is 5.53. The smallest absolute Gasteiger partial charge is 0.163 e. The van der Waals surface area contributed by atoms with E-state index < -0.39 is 0 Å². The molecule has 0 bridgehead atoms. The lowest BCUT2D eigenvalue weighted by Crippen LogP contribution is -2.04. The molecule has 0 aliphatic carbocycles. The number of aromatic nitrogens is 6. The van der Waals surface area contributed by atoms with Crippen molar-refractivity contribution in [2.24, 2.45) is 7.05 Å². The zero-order valence-corrected chi connectivity index (χ0v) is 12.6. The molecule has 0 saturated carbocycles. The molecule has 7 nitrogen and oxygen atoms in total. The summed E-state index contributed by atoms with van der Waals surface area (Å²) < 4.78 is 3.59. The number of nitrogens with zero attached hydrogens (tertiary/aromatic N) is 6. The Morgan fingerprint density at radius 3 is 2.83 bits per heavy atom. The summed E-state index contributed by atoms with van der Waals surface area (Å²) in [4.78, 5) is 8.52. The van der Waals surface area contributed by atoms with Crippen LogP contribution in [0, 0.1) is 0 Å². The molecule has 0 atom stereocenters. The summed E-state index contributed by atoms with van der Waals surface area (Å²) in [6.45, 7) is 0.584. The van der Waals surface area contributed by atoms with Gasteiger partial charge in [0.1, 0.15) is 12.1 Å². The van der Waals surface area contributed by atoms with Gasteiger partial charge in [0, 0.05) is 13.2 Å². The summed E-state index contributed by atoms with van der Waals surface area (Å²) in [6.07, 6.45) is 5.25. The third kappa shape index (κ3) is 2.52. The van der Waals surface area contributed by atoms with E-state index in [2.05, 4.69) is 25.5 Å². The highest BCUT2D eigenvalue weighted by atomic mass is 15.3. The third-order valence-corrected chi connectivity index (χ3v) is 3.63. The molecule has 3 aromatic heterocycles. The van der Waals surface area contributed by atoms with Crippen molar-refractivity contribution in [3.05, 3.63) is 60.8 Å². The first kappa shape index (κ1) is 13.4. The number of aryl methyl sites for hydroxylation is 1. The molecule has 0 fully saturated rings. The van der Waals surface area contributed by atoms with Gasteiger partial charge in [-0.1, -0.05) is 18.2 Å². The van der Waals surface area contributed by atoms with Gasteiger partial charge in [0.2, 0.25) is 0 Å². The Bertz CT molecular complexity index is 939. The quantitative estimate of drug-likeness (QED) is 0.625. The number of rotatable bonds is 4. The van der Waals surface area contributed by atoms with Crippen molar-refractivity contribution in [2.45, 2.75) is 6.54 Å². The predicted molar refractivity (Wildman–Crippen MR) is 87.2 cm³/mol. The average Bonchev–Trinajstić information content (AvgIpc) is 3.22. The molecule has 7 heteroatoms. The van der Waals surface area contributed by atoms with Crippen molar-refractivity contribution in [1.29, 1.82) is 0 Å². The minimum absolute atomic E-state index is 0.584. The first-order valence-electron chi connectivity index (χ1n) is 7.28. The van der Waals surface area contributed by atoms with Crippen LogP contribution < -0.4 is 5.32 Å². The Labute approximate surface area is 132 Å². The van der Waals surface area contributed by atoms with Gasteiger partial charge in [-0.05, 0) is 18.2 Å². The van der Waals surface area contributed by atoms with Gasteiger partial charge in [0.05, 0.1) is 29.5 Å². The molecule has 4 aromatic rings. The Morgan fingerprint density at radius 1 is 1.09 bits per heavy atom. The number of benzene rings is 1. The molecule has 0 spiro atoms. The Hall–Kier alpha value is -3.22. The van der Waals surface area contributed by atoms with Crippen molar-refractivity contribution >= 4 is 16.9 Å². The molecule has 0 aliphatic rings. The summed E-state index contributed by atoms with van der Waals surface area (Å²) in [5, 5.41) is 13.0. The first-order valence-corrected chi connectivity index (χ1v) is 7.28. The summed E-state index contributed by atoms with van der Waals surface area (Å²) in [6, 6.07) is 12.0. The van der Waals surface area contributed by atoms with Crippen LogP contribution in [0.3, 0.4) is 0 Å². The molecule has 0 unspecified atom stereocenters. The predicted octanol–water partition coefficient (Wildman–Crippen LogP) is 2.16. The van der Waals surface area contributed by atoms with Crippen LogP contribution in [0.1, 0.15) is 5.69 Å². The van der Waals surface area contributed by atoms with Gasteiger partial charge in [-0.3, -0.25) is 4.68 Å². The van der Waals surface area contributed by atoms with E-state index in [0.29, 0.717) is 6.54 Å². The van der Waals surface area contributed by atoms with Crippen LogP contribution in [0.15, 0.2) is 55.1 Å². The first-order chi connectivity index (χ1) is 11.3. The van der Waals surface area contributed by atoms with Crippen molar-refractivity contribution < 1.29 is 0 Å². The van der Waals surface area contributed by atoms with E-state index in [1.54, 1.807) is 10.9 Å². The molecule has 1 N–H and O–H groups in total. The van der Waals surface area contributed by atoms with E-state index in [-0.39, 0.29) is 0 Å². The van der Waals surface area contributed by atoms with E-state index in [1.807, 2.05) is 54.3 Å². The minimum Gasteiger partial charge on any atom is -0.364 e. The van der Waals surface area contributed by atoms with E-state index >= 15 is 0 Å². The molecule has 0 aliphatic heterocycles. The van der Waals surface area contributed by atoms with Crippen LogP contribution >= 0.6 is 0 Å². The molecule has 1 aromatic carbocycles. The van der Waals surface area contributed by atoms with Crippen molar-refractivity contribution in [3.63, 3.8) is 0 Å². The minimum atomic E-state index is 0.584. The molecule has 4 rings (SSSR count). The van der Waals surface area contributed by atoms with Gasteiger partial charge in [-0.15, -0.1) is 0 Å². The lowest BCUT2D eigenvalue weighted by atomic mass is 10.3. The number of para-hydroxylation sites is 1. The molecule has 0 amide bonds. The standard InChI is InChI=1S/C16H15N7/c1-22-16-14(10-20-22)15(18-11-19-16)17-9-12-7-8-23(21-12)13-5-3-2-4-6-13/h2-8,10-11H,9H2,1H3,(H,17,18,19). The van der Waals surface area contributed by atoms with Crippen LogP contribution in [0.5, 0.6) is 0 Å². The highest BCUT2D eigenvalue weighted by Gasteiger charge is 2.08. The SMILES string of the molecule is Cn1ncc2c(NCc3ccn(-c4ccccc4)n3)ncnc21. The fraction of sp³-hybridized carbons (Fsp3) is 0.125. The normalized spacial score (nSPS) is 11.0. The van der Waals surface area contributed by atoms with Crippen molar-refractivity contribution in [1.82, 2.24) is 29.5 Å². The average molecular weight is 305 g/mol. The number of anilines is 1.